The van der Waals surface area contributed by atoms with Gasteiger partial charge in [-0.25, -0.2) is 0 Å². The molecule has 1 heterocycles. The number of thioether (sulfide) groups is 1. The number of hydrogen-bond donors (Lipinski definition) is 3. The van der Waals surface area contributed by atoms with Gasteiger partial charge >= 0.3 is 5.97 Å². The summed E-state index contributed by atoms with van der Waals surface area (Å²) in [6.45, 7) is 6.05. The molecule has 2 rings (SSSR count). The summed E-state index contributed by atoms with van der Waals surface area (Å²) in [4.78, 5) is 24.7. The van der Waals surface area contributed by atoms with Gasteiger partial charge in [0.25, 0.3) is 5.91 Å². The third-order valence-electron chi connectivity index (χ3n) is 3.82. The van der Waals surface area contributed by atoms with Crippen LogP contribution in [0.2, 0.25) is 0 Å². The first-order chi connectivity index (χ1) is 11.7. The molecule has 3 N–H and O–H groups in total. The van der Waals surface area contributed by atoms with Crippen LogP contribution in [0, 0.1) is 0 Å². The SMILES string of the molecule is CSc1ccc(C(CC(=O)O)NC(=O)c2cc(C(C)(C)C)[nH]n2)cc1. The van der Waals surface area contributed by atoms with Gasteiger partial charge in [0.15, 0.2) is 0 Å². The van der Waals surface area contributed by atoms with Crippen molar-refractivity contribution in [2.24, 2.45) is 0 Å². The number of carboxylic acid groups (broad SMARTS) is 1. The zero-order valence-electron chi connectivity index (χ0n) is 14.8. The molecule has 134 valence electrons. The second kappa shape index (κ2) is 7.74. The third kappa shape index (κ3) is 5.09. The molecule has 1 aromatic carbocycles. The summed E-state index contributed by atoms with van der Waals surface area (Å²) < 4.78 is 0. The summed E-state index contributed by atoms with van der Waals surface area (Å²) in [6, 6.07) is 8.58. The smallest absolute Gasteiger partial charge is 0.305 e. The number of carbonyl (C=O) groups is 2. The minimum absolute atomic E-state index is 0.153. The molecule has 1 aromatic heterocycles. The van der Waals surface area contributed by atoms with E-state index in [1.165, 1.54) is 0 Å². The Morgan fingerprint density at radius 3 is 2.40 bits per heavy atom. The normalized spacial score (nSPS) is 12.6. The van der Waals surface area contributed by atoms with Crippen molar-refractivity contribution in [3.63, 3.8) is 0 Å². The molecule has 1 atom stereocenters. The maximum absolute atomic E-state index is 12.5. The summed E-state index contributed by atoms with van der Waals surface area (Å²) in [6.07, 6.45) is 1.77. The fraction of sp³-hybridized carbons (Fsp3) is 0.389. The Morgan fingerprint density at radius 1 is 1.28 bits per heavy atom. The van der Waals surface area contributed by atoms with Crippen molar-refractivity contribution in [2.45, 2.75) is 43.5 Å². The molecule has 0 aliphatic rings. The zero-order valence-corrected chi connectivity index (χ0v) is 15.6. The van der Waals surface area contributed by atoms with E-state index in [1.54, 1.807) is 17.8 Å². The molecule has 7 heteroatoms. The first-order valence-corrected chi connectivity index (χ1v) is 9.15. The van der Waals surface area contributed by atoms with Crippen molar-refractivity contribution >= 4 is 23.6 Å². The van der Waals surface area contributed by atoms with Gasteiger partial charge in [0.2, 0.25) is 0 Å². The number of nitrogens with one attached hydrogen (secondary N) is 2. The molecule has 1 unspecified atom stereocenters. The van der Waals surface area contributed by atoms with E-state index < -0.39 is 17.9 Å². The molecule has 0 saturated heterocycles. The van der Waals surface area contributed by atoms with Gasteiger partial charge in [-0.1, -0.05) is 32.9 Å². The second-order valence-electron chi connectivity index (χ2n) is 6.81. The number of H-pyrrole nitrogens is 1. The second-order valence-corrected chi connectivity index (χ2v) is 7.69. The number of aromatic amines is 1. The molecule has 25 heavy (non-hydrogen) atoms. The number of carboxylic acids is 1. The molecule has 0 fully saturated rings. The van der Waals surface area contributed by atoms with Gasteiger partial charge < -0.3 is 10.4 Å². The van der Waals surface area contributed by atoms with Gasteiger partial charge in [0.1, 0.15) is 5.69 Å². The maximum atomic E-state index is 12.5. The van der Waals surface area contributed by atoms with E-state index >= 15 is 0 Å². The number of aliphatic carboxylic acids is 1. The third-order valence-corrected chi connectivity index (χ3v) is 4.56. The van der Waals surface area contributed by atoms with Gasteiger partial charge in [-0.05, 0) is 30.0 Å². The van der Waals surface area contributed by atoms with Crippen LogP contribution in [-0.2, 0) is 10.2 Å². The molecule has 0 radical (unpaired) electrons. The molecular weight excluding hydrogens is 338 g/mol. The lowest BCUT2D eigenvalue weighted by molar-refractivity contribution is -0.137. The average molecular weight is 361 g/mol. The first kappa shape index (κ1) is 19.1. The first-order valence-electron chi connectivity index (χ1n) is 7.93. The molecule has 0 aliphatic carbocycles. The Kier molecular flexibility index (Phi) is 5.89. The molecule has 2 aromatic rings. The Bertz CT molecular complexity index is 748. The van der Waals surface area contributed by atoms with Crippen LogP contribution in [0.4, 0.5) is 0 Å². The Morgan fingerprint density at radius 2 is 1.92 bits per heavy atom. The van der Waals surface area contributed by atoms with E-state index in [2.05, 4.69) is 15.5 Å². The number of hydrogen-bond acceptors (Lipinski definition) is 4. The van der Waals surface area contributed by atoms with Crippen molar-refractivity contribution in [2.75, 3.05) is 6.26 Å². The molecule has 0 spiro atoms. The highest BCUT2D eigenvalue weighted by atomic mass is 32.2. The number of carbonyl (C=O) groups excluding carboxylic acids is 1. The number of nitrogens with zero attached hydrogens (tertiary/aromatic N) is 1. The van der Waals surface area contributed by atoms with E-state index in [9.17, 15) is 9.59 Å². The lowest BCUT2D eigenvalue weighted by Gasteiger charge is -2.17. The molecule has 6 nitrogen and oxygen atoms in total. The highest BCUT2D eigenvalue weighted by Crippen LogP contribution is 2.23. The lowest BCUT2D eigenvalue weighted by Crippen LogP contribution is -2.30. The van der Waals surface area contributed by atoms with E-state index in [4.69, 9.17) is 5.11 Å². The quantitative estimate of drug-likeness (QED) is 0.686. The van der Waals surface area contributed by atoms with Gasteiger partial charge in [0.05, 0.1) is 12.5 Å². The number of amides is 1. The molecule has 0 bridgehead atoms. The monoisotopic (exact) mass is 361 g/mol. The Labute approximate surface area is 151 Å². The van der Waals surface area contributed by atoms with Crippen LogP contribution in [0.25, 0.3) is 0 Å². The summed E-state index contributed by atoms with van der Waals surface area (Å²) in [5, 5.41) is 18.9. The van der Waals surface area contributed by atoms with Crippen LogP contribution in [0.1, 0.15) is 55.0 Å². The molecule has 0 saturated carbocycles. The van der Waals surface area contributed by atoms with Gasteiger partial charge in [-0.2, -0.15) is 5.10 Å². The van der Waals surface area contributed by atoms with Gasteiger partial charge in [0, 0.05) is 16.0 Å². The van der Waals surface area contributed by atoms with E-state index in [0.717, 1.165) is 16.2 Å². The fourth-order valence-electron chi connectivity index (χ4n) is 2.32. The number of rotatable bonds is 6. The summed E-state index contributed by atoms with van der Waals surface area (Å²) in [5.74, 6) is -1.37. The van der Waals surface area contributed by atoms with Crippen molar-refractivity contribution in [1.82, 2.24) is 15.5 Å². The highest BCUT2D eigenvalue weighted by molar-refractivity contribution is 7.98. The summed E-state index contributed by atoms with van der Waals surface area (Å²) in [7, 11) is 0. The Hall–Kier alpha value is -2.28. The lowest BCUT2D eigenvalue weighted by atomic mass is 9.92. The van der Waals surface area contributed by atoms with Gasteiger partial charge in [-0.3, -0.25) is 14.7 Å². The Balaban J connectivity index is 2.19. The topological polar surface area (TPSA) is 95.1 Å². The van der Waals surface area contributed by atoms with Crippen LogP contribution in [0.15, 0.2) is 35.2 Å². The van der Waals surface area contributed by atoms with Crippen molar-refractivity contribution in [3.8, 4) is 0 Å². The fourth-order valence-corrected chi connectivity index (χ4v) is 2.73. The van der Waals surface area contributed by atoms with Crippen LogP contribution in [0.5, 0.6) is 0 Å². The zero-order chi connectivity index (χ0) is 18.6. The number of aromatic nitrogens is 2. The highest BCUT2D eigenvalue weighted by Gasteiger charge is 2.23. The summed E-state index contributed by atoms with van der Waals surface area (Å²) in [5.41, 5.74) is 1.69. The standard InChI is InChI=1S/C18H23N3O3S/c1-18(2,3)15-9-14(20-21-15)17(24)19-13(10-16(22)23)11-5-7-12(25-4)8-6-11/h5-9,13H,10H2,1-4H3,(H,19,24)(H,20,21)(H,22,23). The van der Waals surface area contributed by atoms with Crippen LogP contribution in [-0.4, -0.2) is 33.4 Å². The number of benzene rings is 1. The van der Waals surface area contributed by atoms with E-state index in [1.807, 2.05) is 51.3 Å². The maximum Gasteiger partial charge on any atom is 0.305 e. The van der Waals surface area contributed by atoms with Gasteiger partial charge in [-0.15, -0.1) is 11.8 Å². The van der Waals surface area contributed by atoms with E-state index in [-0.39, 0.29) is 17.5 Å². The molecule has 0 aliphatic heterocycles. The minimum Gasteiger partial charge on any atom is -0.481 e. The van der Waals surface area contributed by atoms with Crippen LogP contribution in [0.3, 0.4) is 0 Å². The predicted molar refractivity (Wildman–Crippen MR) is 98.0 cm³/mol. The molecular formula is C18H23N3O3S. The average Bonchev–Trinajstić information content (AvgIpc) is 3.04. The summed E-state index contributed by atoms with van der Waals surface area (Å²) >= 11 is 1.60. The van der Waals surface area contributed by atoms with Crippen molar-refractivity contribution in [1.29, 1.82) is 0 Å². The largest absolute Gasteiger partial charge is 0.481 e. The van der Waals surface area contributed by atoms with E-state index in [0.29, 0.717) is 0 Å². The minimum atomic E-state index is -0.975. The van der Waals surface area contributed by atoms with Crippen LogP contribution < -0.4 is 5.32 Å². The van der Waals surface area contributed by atoms with Crippen molar-refractivity contribution < 1.29 is 14.7 Å². The molecule has 1 amide bonds. The van der Waals surface area contributed by atoms with Crippen molar-refractivity contribution in [3.05, 3.63) is 47.3 Å². The predicted octanol–water partition coefficient (Wildman–Crippen LogP) is 3.37. The van der Waals surface area contributed by atoms with Crippen LogP contribution >= 0.6 is 11.8 Å².